The minimum absolute atomic E-state index is 0.306. The number of alkyl halides is 3. The maximum atomic E-state index is 12.8. The SMILES string of the molecule is CCN1CCN(C[C@](C)(O)c2cccc(C(F)(F)F)c2)CC1. The molecule has 0 amide bonds. The molecule has 1 aromatic carbocycles. The number of piperazine rings is 1. The van der Waals surface area contributed by atoms with Gasteiger partial charge in [0.1, 0.15) is 0 Å². The van der Waals surface area contributed by atoms with E-state index in [4.69, 9.17) is 0 Å². The van der Waals surface area contributed by atoms with Gasteiger partial charge in [0.2, 0.25) is 0 Å². The van der Waals surface area contributed by atoms with Crippen LogP contribution in [0.1, 0.15) is 25.0 Å². The standard InChI is InChI=1S/C16H23F3N2O/c1-3-20-7-9-21(10-8-20)12-15(2,22)13-5-4-6-14(11-13)16(17,18)19/h4-6,11,22H,3,7-10,12H2,1-2H3/t15-/m0/s1. The molecule has 124 valence electrons. The monoisotopic (exact) mass is 316 g/mol. The summed E-state index contributed by atoms with van der Waals surface area (Å²) < 4.78 is 38.4. The topological polar surface area (TPSA) is 26.7 Å². The van der Waals surface area contributed by atoms with Crippen LogP contribution >= 0.6 is 0 Å². The van der Waals surface area contributed by atoms with Crippen molar-refractivity contribution in [3.8, 4) is 0 Å². The molecule has 1 fully saturated rings. The van der Waals surface area contributed by atoms with Crippen molar-refractivity contribution in [2.75, 3.05) is 39.3 Å². The summed E-state index contributed by atoms with van der Waals surface area (Å²) in [7, 11) is 0. The fraction of sp³-hybridized carbons (Fsp3) is 0.625. The number of hydrogen-bond donors (Lipinski definition) is 1. The van der Waals surface area contributed by atoms with Gasteiger partial charge in [-0.2, -0.15) is 13.2 Å². The van der Waals surface area contributed by atoms with E-state index in [-0.39, 0.29) is 0 Å². The number of rotatable bonds is 4. The Kier molecular flexibility index (Phi) is 5.14. The molecular formula is C16H23F3N2O. The van der Waals surface area contributed by atoms with Crippen LogP contribution in [0.4, 0.5) is 13.2 Å². The molecule has 6 heteroatoms. The molecule has 1 aliphatic heterocycles. The first-order valence-corrected chi connectivity index (χ1v) is 7.57. The highest BCUT2D eigenvalue weighted by atomic mass is 19.4. The lowest BCUT2D eigenvalue weighted by Crippen LogP contribution is -2.50. The predicted molar refractivity (Wildman–Crippen MR) is 79.6 cm³/mol. The van der Waals surface area contributed by atoms with Crippen LogP contribution in [-0.2, 0) is 11.8 Å². The highest BCUT2D eigenvalue weighted by Gasteiger charge is 2.33. The third-order valence-electron chi connectivity index (χ3n) is 4.26. The molecule has 0 aliphatic carbocycles. The van der Waals surface area contributed by atoms with Crippen molar-refractivity contribution < 1.29 is 18.3 Å². The maximum Gasteiger partial charge on any atom is 0.416 e. The van der Waals surface area contributed by atoms with Crippen LogP contribution < -0.4 is 0 Å². The number of aliphatic hydroxyl groups is 1. The Morgan fingerprint density at radius 2 is 1.59 bits per heavy atom. The second-order valence-corrected chi connectivity index (χ2v) is 6.06. The molecule has 0 aromatic heterocycles. The normalized spacial score (nSPS) is 20.8. The molecular weight excluding hydrogens is 293 g/mol. The van der Waals surface area contributed by atoms with Crippen LogP contribution in [0.2, 0.25) is 0 Å². The smallest absolute Gasteiger partial charge is 0.384 e. The van der Waals surface area contributed by atoms with Gasteiger partial charge in [0, 0.05) is 32.7 Å². The van der Waals surface area contributed by atoms with E-state index in [1.807, 2.05) is 0 Å². The first-order chi connectivity index (χ1) is 10.2. The Morgan fingerprint density at radius 3 is 2.14 bits per heavy atom. The van der Waals surface area contributed by atoms with Gasteiger partial charge < -0.3 is 10.0 Å². The maximum absolute atomic E-state index is 12.8. The number of β-amino-alcohol motifs (C(OH)–C–C–N with tert-alkyl or cyclic N) is 1. The molecule has 22 heavy (non-hydrogen) atoms. The largest absolute Gasteiger partial charge is 0.416 e. The quantitative estimate of drug-likeness (QED) is 0.925. The van der Waals surface area contributed by atoms with E-state index < -0.39 is 17.3 Å². The van der Waals surface area contributed by atoms with Crippen molar-refractivity contribution in [3.63, 3.8) is 0 Å². The van der Waals surface area contributed by atoms with E-state index in [1.54, 1.807) is 13.0 Å². The van der Waals surface area contributed by atoms with Crippen LogP contribution in [0.15, 0.2) is 24.3 Å². The van der Waals surface area contributed by atoms with E-state index in [1.165, 1.54) is 6.07 Å². The lowest BCUT2D eigenvalue weighted by Gasteiger charge is -2.38. The fourth-order valence-corrected chi connectivity index (χ4v) is 2.82. The summed E-state index contributed by atoms with van der Waals surface area (Å²) in [5.74, 6) is 0. The zero-order valence-electron chi connectivity index (χ0n) is 13.0. The summed E-state index contributed by atoms with van der Waals surface area (Å²) >= 11 is 0. The Morgan fingerprint density at radius 1 is 1.05 bits per heavy atom. The number of nitrogens with zero attached hydrogens (tertiary/aromatic N) is 2. The minimum Gasteiger partial charge on any atom is -0.384 e. The summed E-state index contributed by atoms with van der Waals surface area (Å²) in [5, 5.41) is 10.6. The van der Waals surface area contributed by atoms with Crippen molar-refractivity contribution in [3.05, 3.63) is 35.4 Å². The molecule has 0 spiro atoms. The Labute approximate surface area is 129 Å². The van der Waals surface area contributed by atoms with Gasteiger partial charge in [-0.15, -0.1) is 0 Å². The van der Waals surface area contributed by atoms with E-state index in [2.05, 4.69) is 16.7 Å². The molecule has 1 aromatic rings. The molecule has 1 heterocycles. The van der Waals surface area contributed by atoms with Gasteiger partial charge in [0.25, 0.3) is 0 Å². The predicted octanol–water partition coefficient (Wildman–Crippen LogP) is 2.55. The van der Waals surface area contributed by atoms with Crippen molar-refractivity contribution in [2.24, 2.45) is 0 Å². The van der Waals surface area contributed by atoms with Crippen LogP contribution in [0.25, 0.3) is 0 Å². The molecule has 3 nitrogen and oxygen atoms in total. The number of benzene rings is 1. The van der Waals surface area contributed by atoms with Crippen molar-refractivity contribution >= 4 is 0 Å². The lowest BCUT2D eigenvalue weighted by molar-refractivity contribution is -0.137. The molecule has 0 radical (unpaired) electrons. The molecule has 1 atom stereocenters. The Hall–Kier alpha value is -1.11. The summed E-state index contributed by atoms with van der Waals surface area (Å²) in [6.07, 6.45) is -4.39. The molecule has 0 unspecified atom stereocenters. The Bertz CT molecular complexity index is 494. The van der Waals surface area contributed by atoms with Crippen molar-refractivity contribution in [2.45, 2.75) is 25.6 Å². The highest BCUT2D eigenvalue weighted by Crippen LogP contribution is 2.32. The van der Waals surface area contributed by atoms with Crippen LogP contribution in [0.5, 0.6) is 0 Å². The number of likely N-dealkylation sites (N-methyl/N-ethyl adjacent to an activating group) is 1. The zero-order chi connectivity index (χ0) is 16.4. The summed E-state index contributed by atoms with van der Waals surface area (Å²) in [6, 6.07) is 4.97. The molecule has 2 rings (SSSR count). The van der Waals surface area contributed by atoms with Gasteiger partial charge in [-0.05, 0) is 31.2 Å². The number of hydrogen-bond acceptors (Lipinski definition) is 3. The second-order valence-electron chi connectivity index (χ2n) is 6.06. The van der Waals surface area contributed by atoms with E-state index in [0.29, 0.717) is 12.1 Å². The van der Waals surface area contributed by atoms with Gasteiger partial charge in [-0.1, -0.05) is 19.1 Å². The van der Waals surface area contributed by atoms with Gasteiger partial charge >= 0.3 is 6.18 Å². The van der Waals surface area contributed by atoms with Gasteiger partial charge in [-0.25, -0.2) is 0 Å². The van der Waals surface area contributed by atoms with Crippen molar-refractivity contribution in [1.82, 2.24) is 9.80 Å². The lowest BCUT2D eigenvalue weighted by atomic mass is 9.93. The molecule has 1 saturated heterocycles. The summed E-state index contributed by atoms with van der Waals surface area (Å²) in [4.78, 5) is 4.42. The van der Waals surface area contributed by atoms with Gasteiger partial charge in [-0.3, -0.25) is 4.90 Å². The molecule has 0 saturated carbocycles. The molecule has 1 aliphatic rings. The molecule has 0 bridgehead atoms. The highest BCUT2D eigenvalue weighted by molar-refractivity contribution is 5.29. The second kappa shape index (κ2) is 6.56. The van der Waals surface area contributed by atoms with Crippen LogP contribution in [0, 0.1) is 0 Å². The van der Waals surface area contributed by atoms with Crippen molar-refractivity contribution in [1.29, 1.82) is 0 Å². The summed E-state index contributed by atoms with van der Waals surface area (Å²) in [5.41, 5.74) is -1.71. The van der Waals surface area contributed by atoms with E-state index >= 15 is 0 Å². The summed E-state index contributed by atoms with van der Waals surface area (Å²) in [6.45, 7) is 8.52. The van der Waals surface area contributed by atoms with E-state index in [0.717, 1.165) is 44.9 Å². The fourth-order valence-electron chi connectivity index (χ4n) is 2.82. The first kappa shape index (κ1) is 17.2. The average molecular weight is 316 g/mol. The molecule has 1 N–H and O–H groups in total. The zero-order valence-corrected chi connectivity index (χ0v) is 13.0. The van der Waals surface area contributed by atoms with Crippen LogP contribution in [-0.4, -0.2) is 54.2 Å². The van der Waals surface area contributed by atoms with Crippen LogP contribution in [0.3, 0.4) is 0 Å². The first-order valence-electron chi connectivity index (χ1n) is 7.57. The Balaban J connectivity index is 2.07. The number of halogens is 3. The third kappa shape index (κ3) is 4.21. The van der Waals surface area contributed by atoms with Gasteiger partial charge in [0.15, 0.2) is 0 Å². The van der Waals surface area contributed by atoms with Gasteiger partial charge in [0.05, 0.1) is 11.2 Å². The minimum atomic E-state index is -4.39. The third-order valence-corrected chi connectivity index (χ3v) is 4.26. The average Bonchev–Trinajstić information content (AvgIpc) is 2.47. The van der Waals surface area contributed by atoms with E-state index in [9.17, 15) is 18.3 Å².